The summed E-state index contributed by atoms with van der Waals surface area (Å²) in [5.41, 5.74) is 0.471. The smallest absolute Gasteiger partial charge is 0.0997 e. The fraction of sp³-hybridized carbons (Fsp3) is 1.00. The summed E-state index contributed by atoms with van der Waals surface area (Å²) >= 11 is 0. The van der Waals surface area contributed by atoms with Crippen molar-refractivity contribution in [1.82, 2.24) is 9.80 Å². The lowest BCUT2D eigenvalue weighted by Crippen LogP contribution is -2.44. The van der Waals surface area contributed by atoms with Crippen molar-refractivity contribution in [3.63, 3.8) is 0 Å². The van der Waals surface area contributed by atoms with Gasteiger partial charge in [0, 0.05) is 19.6 Å². The van der Waals surface area contributed by atoms with Crippen LogP contribution in [0.3, 0.4) is 0 Å². The fourth-order valence-electron chi connectivity index (χ4n) is 3.93. The Morgan fingerprint density at radius 3 is 1.78 bits per heavy atom. The van der Waals surface area contributed by atoms with Crippen LogP contribution < -0.4 is 0 Å². The molecule has 2 heterocycles. The molecule has 0 atom stereocenters. The standard InChI is InChI=1S/C20H40N2O/c1-19(2,3)18-9-13-21(14-10-18)15-17-7-11-22(12-8-17)16-23-20(4,5)6/h17-18H,7-16H2,1-6H3. The average molecular weight is 325 g/mol. The van der Waals surface area contributed by atoms with Gasteiger partial charge in [0.1, 0.15) is 0 Å². The maximum absolute atomic E-state index is 5.91. The number of nitrogens with zero attached hydrogens (tertiary/aromatic N) is 2. The molecule has 0 aromatic heterocycles. The highest BCUT2D eigenvalue weighted by Gasteiger charge is 2.30. The Labute approximate surface area is 144 Å². The summed E-state index contributed by atoms with van der Waals surface area (Å²) < 4.78 is 5.91. The first kappa shape index (κ1) is 19.2. The second kappa shape index (κ2) is 7.84. The van der Waals surface area contributed by atoms with Gasteiger partial charge in [-0.15, -0.1) is 0 Å². The largest absolute Gasteiger partial charge is 0.360 e. The molecular formula is C20H40N2O. The molecular weight excluding hydrogens is 284 g/mol. The minimum absolute atomic E-state index is 0.0196. The highest BCUT2D eigenvalue weighted by molar-refractivity contribution is 4.82. The van der Waals surface area contributed by atoms with Gasteiger partial charge < -0.3 is 9.64 Å². The van der Waals surface area contributed by atoms with E-state index in [-0.39, 0.29) is 5.60 Å². The van der Waals surface area contributed by atoms with Crippen molar-refractivity contribution in [3.05, 3.63) is 0 Å². The SMILES string of the molecule is CC(C)(C)OCN1CCC(CN2CCC(C(C)(C)C)CC2)CC1. The minimum Gasteiger partial charge on any atom is -0.360 e. The van der Waals surface area contributed by atoms with Crippen LogP contribution in [0.5, 0.6) is 0 Å². The number of ether oxygens (including phenoxy) is 1. The van der Waals surface area contributed by atoms with Crippen LogP contribution in [0.4, 0.5) is 0 Å². The van der Waals surface area contributed by atoms with Gasteiger partial charge in [-0.1, -0.05) is 20.8 Å². The summed E-state index contributed by atoms with van der Waals surface area (Å²) in [6, 6.07) is 0. The first-order chi connectivity index (χ1) is 10.6. The molecule has 3 nitrogen and oxygen atoms in total. The highest BCUT2D eigenvalue weighted by Crippen LogP contribution is 2.34. The Bertz CT molecular complexity index is 340. The van der Waals surface area contributed by atoms with Crippen molar-refractivity contribution in [2.75, 3.05) is 39.5 Å². The van der Waals surface area contributed by atoms with Crippen molar-refractivity contribution in [1.29, 1.82) is 0 Å². The summed E-state index contributed by atoms with van der Waals surface area (Å²) in [4.78, 5) is 5.21. The number of rotatable bonds is 4. The molecule has 0 N–H and O–H groups in total. The second-order valence-electron chi connectivity index (χ2n) is 9.89. The van der Waals surface area contributed by atoms with Gasteiger partial charge in [0.05, 0.1) is 12.3 Å². The minimum atomic E-state index is -0.0196. The van der Waals surface area contributed by atoms with Gasteiger partial charge in [0.25, 0.3) is 0 Å². The Morgan fingerprint density at radius 2 is 1.30 bits per heavy atom. The molecule has 0 amide bonds. The second-order valence-corrected chi connectivity index (χ2v) is 9.89. The van der Waals surface area contributed by atoms with Gasteiger partial charge >= 0.3 is 0 Å². The van der Waals surface area contributed by atoms with Crippen LogP contribution in [-0.4, -0.2) is 54.9 Å². The van der Waals surface area contributed by atoms with Crippen LogP contribution in [-0.2, 0) is 4.74 Å². The zero-order valence-corrected chi connectivity index (χ0v) is 16.5. The molecule has 3 heteroatoms. The molecule has 2 aliphatic heterocycles. The average Bonchev–Trinajstić information content (AvgIpc) is 2.45. The van der Waals surface area contributed by atoms with E-state index >= 15 is 0 Å². The summed E-state index contributed by atoms with van der Waals surface area (Å²) in [7, 11) is 0. The van der Waals surface area contributed by atoms with Gasteiger partial charge in [-0.25, -0.2) is 0 Å². The van der Waals surface area contributed by atoms with E-state index in [0.29, 0.717) is 5.41 Å². The summed E-state index contributed by atoms with van der Waals surface area (Å²) in [6.07, 6.45) is 5.46. The highest BCUT2D eigenvalue weighted by atomic mass is 16.5. The zero-order valence-electron chi connectivity index (χ0n) is 16.5. The van der Waals surface area contributed by atoms with E-state index < -0.39 is 0 Å². The summed E-state index contributed by atoms with van der Waals surface area (Å²) in [6.45, 7) is 20.8. The number of hydrogen-bond donors (Lipinski definition) is 0. The molecule has 0 radical (unpaired) electrons. The van der Waals surface area contributed by atoms with Gasteiger partial charge in [0.15, 0.2) is 0 Å². The molecule has 0 aromatic carbocycles. The number of piperidine rings is 2. The lowest BCUT2D eigenvalue weighted by atomic mass is 9.75. The van der Waals surface area contributed by atoms with Crippen molar-refractivity contribution >= 4 is 0 Å². The van der Waals surface area contributed by atoms with E-state index in [1.54, 1.807) is 0 Å². The molecule has 2 saturated heterocycles. The van der Waals surface area contributed by atoms with Crippen molar-refractivity contribution < 1.29 is 4.74 Å². The molecule has 0 bridgehead atoms. The Balaban J connectivity index is 1.64. The summed E-state index contributed by atoms with van der Waals surface area (Å²) in [5.74, 6) is 1.81. The third-order valence-electron chi connectivity index (χ3n) is 5.72. The molecule has 0 aromatic rings. The molecule has 136 valence electrons. The van der Waals surface area contributed by atoms with E-state index in [0.717, 1.165) is 18.6 Å². The van der Waals surface area contributed by atoms with Gasteiger partial charge in [0.2, 0.25) is 0 Å². The van der Waals surface area contributed by atoms with Gasteiger partial charge in [-0.2, -0.15) is 0 Å². The fourth-order valence-corrected chi connectivity index (χ4v) is 3.93. The molecule has 0 unspecified atom stereocenters. The van der Waals surface area contributed by atoms with E-state index in [1.165, 1.54) is 58.4 Å². The third kappa shape index (κ3) is 6.72. The van der Waals surface area contributed by atoms with Crippen LogP contribution in [0.25, 0.3) is 0 Å². The first-order valence-electron chi connectivity index (χ1n) is 9.72. The van der Waals surface area contributed by atoms with E-state index in [4.69, 9.17) is 4.74 Å². The maximum Gasteiger partial charge on any atom is 0.0997 e. The Hall–Kier alpha value is -0.120. The Kier molecular flexibility index (Phi) is 6.55. The number of hydrogen-bond acceptors (Lipinski definition) is 3. The van der Waals surface area contributed by atoms with Crippen LogP contribution in [0.2, 0.25) is 0 Å². The van der Waals surface area contributed by atoms with Crippen LogP contribution in [0, 0.1) is 17.3 Å². The predicted molar refractivity (Wildman–Crippen MR) is 98.6 cm³/mol. The lowest BCUT2D eigenvalue weighted by Gasteiger charge is -2.41. The molecule has 2 fully saturated rings. The van der Waals surface area contributed by atoms with Crippen LogP contribution in [0.15, 0.2) is 0 Å². The molecule has 0 spiro atoms. The molecule has 0 saturated carbocycles. The van der Waals surface area contributed by atoms with Crippen LogP contribution >= 0.6 is 0 Å². The van der Waals surface area contributed by atoms with Gasteiger partial charge in [-0.3, -0.25) is 4.90 Å². The maximum atomic E-state index is 5.91. The quantitative estimate of drug-likeness (QED) is 0.769. The van der Waals surface area contributed by atoms with E-state index in [9.17, 15) is 0 Å². The predicted octanol–water partition coefficient (Wildman–Crippen LogP) is 4.23. The zero-order chi connectivity index (χ0) is 17.1. The molecule has 2 rings (SSSR count). The molecule has 23 heavy (non-hydrogen) atoms. The first-order valence-corrected chi connectivity index (χ1v) is 9.72. The molecule has 0 aliphatic carbocycles. The third-order valence-corrected chi connectivity index (χ3v) is 5.72. The van der Waals surface area contributed by atoms with Crippen molar-refractivity contribution in [2.24, 2.45) is 17.3 Å². The number of likely N-dealkylation sites (tertiary alicyclic amines) is 2. The topological polar surface area (TPSA) is 15.7 Å². The van der Waals surface area contributed by atoms with Crippen molar-refractivity contribution in [2.45, 2.75) is 72.8 Å². The Morgan fingerprint density at radius 1 is 0.783 bits per heavy atom. The monoisotopic (exact) mass is 324 g/mol. The molecule has 2 aliphatic rings. The van der Waals surface area contributed by atoms with E-state index in [2.05, 4.69) is 51.3 Å². The van der Waals surface area contributed by atoms with E-state index in [1.807, 2.05) is 0 Å². The lowest BCUT2D eigenvalue weighted by molar-refractivity contribution is -0.0722. The normalized spacial score (nSPS) is 24.3. The van der Waals surface area contributed by atoms with Gasteiger partial charge in [-0.05, 0) is 76.8 Å². The van der Waals surface area contributed by atoms with Crippen molar-refractivity contribution in [3.8, 4) is 0 Å². The summed E-state index contributed by atoms with van der Waals surface area (Å²) in [5, 5.41) is 0. The van der Waals surface area contributed by atoms with Crippen LogP contribution in [0.1, 0.15) is 67.2 Å².